The average Bonchev–Trinajstić information content (AvgIpc) is 3.15. The van der Waals surface area contributed by atoms with Crippen molar-refractivity contribution in [3.63, 3.8) is 0 Å². The fourth-order valence-corrected chi connectivity index (χ4v) is 4.32. The van der Waals surface area contributed by atoms with Gasteiger partial charge in [0.25, 0.3) is 5.82 Å². The van der Waals surface area contributed by atoms with E-state index in [4.69, 9.17) is 0 Å². The SMILES string of the molecule is CC(C)c1cccc(C(C)C)c1-c1c[nH+]c(-c2c(C(C)C)cccc2C(C)C)[nH]1.[Cl-]. The molecule has 3 rings (SSSR count). The van der Waals surface area contributed by atoms with Crippen LogP contribution in [0.1, 0.15) is 101 Å². The zero-order valence-corrected chi connectivity index (χ0v) is 20.5. The summed E-state index contributed by atoms with van der Waals surface area (Å²) in [4.78, 5) is 7.36. The molecule has 0 aliphatic rings. The van der Waals surface area contributed by atoms with Crippen molar-refractivity contribution in [3.05, 3.63) is 64.8 Å². The molecule has 0 aliphatic heterocycles. The van der Waals surface area contributed by atoms with E-state index in [-0.39, 0.29) is 12.4 Å². The van der Waals surface area contributed by atoms with Gasteiger partial charge >= 0.3 is 0 Å². The van der Waals surface area contributed by atoms with Crippen molar-refractivity contribution in [1.82, 2.24) is 4.98 Å². The normalized spacial score (nSPS) is 11.6. The van der Waals surface area contributed by atoms with Crippen LogP contribution in [-0.2, 0) is 0 Å². The van der Waals surface area contributed by atoms with E-state index in [0.29, 0.717) is 23.7 Å². The van der Waals surface area contributed by atoms with Crippen LogP contribution in [0.3, 0.4) is 0 Å². The number of rotatable bonds is 6. The molecule has 0 spiro atoms. The van der Waals surface area contributed by atoms with Gasteiger partial charge < -0.3 is 12.4 Å². The molecule has 0 fully saturated rings. The lowest BCUT2D eigenvalue weighted by molar-refractivity contribution is -0.362. The van der Waals surface area contributed by atoms with Crippen LogP contribution in [-0.4, -0.2) is 4.98 Å². The Hall–Kier alpha value is -2.06. The Morgan fingerprint density at radius 3 is 1.33 bits per heavy atom. The Kier molecular flexibility index (Phi) is 7.93. The molecule has 0 radical (unpaired) electrons. The van der Waals surface area contributed by atoms with Crippen molar-refractivity contribution >= 4 is 0 Å². The van der Waals surface area contributed by atoms with Crippen molar-refractivity contribution in [2.75, 3.05) is 0 Å². The van der Waals surface area contributed by atoms with Crippen molar-refractivity contribution in [3.8, 4) is 22.6 Å². The summed E-state index contributed by atoms with van der Waals surface area (Å²) in [5, 5.41) is 0. The van der Waals surface area contributed by atoms with Gasteiger partial charge in [-0.1, -0.05) is 91.8 Å². The van der Waals surface area contributed by atoms with Crippen LogP contribution in [0.15, 0.2) is 42.6 Å². The van der Waals surface area contributed by atoms with Crippen LogP contribution < -0.4 is 17.4 Å². The fourth-order valence-electron chi connectivity index (χ4n) is 4.32. The Morgan fingerprint density at radius 1 is 0.600 bits per heavy atom. The van der Waals surface area contributed by atoms with Gasteiger partial charge in [-0.2, -0.15) is 0 Å². The summed E-state index contributed by atoms with van der Waals surface area (Å²) >= 11 is 0. The molecule has 0 amide bonds. The van der Waals surface area contributed by atoms with Crippen LogP contribution in [0.5, 0.6) is 0 Å². The van der Waals surface area contributed by atoms with Crippen LogP contribution >= 0.6 is 0 Å². The smallest absolute Gasteiger partial charge is 0.285 e. The topological polar surface area (TPSA) is 29.9 Å². The van der Waals surface area contributed by atoms with Crippen molar-refractivity contribution in [2.24, 2.45) is 0 Å². The van der Waals surface area contributed by atoms with Crippen molar-refractivity contribution in [1.29, 1.82) is 0 Å². The van der Waals surface area contributed by atoms with E-state index in [1.807, 2.05) is 0 Å². The van der Waals surface area contributed by atoms with Gasteiger partial charge in [-0.3, -0.25) is 0 Å². The van der Waals surface area contributed by atoms with Crippen molar-refractivity contribution in [2.45, 2.75) is 79.1 Å². The Balaban J connectivity index is 0.00000320. The molecule has 1 heterocycles. The standard InChI is InChI=1S/C27H36N2.ClH/c1-16(2)20-11-9-12-21(17(3)4)25(20)24-15-28-27(29-24)26-22(18(5)6)13-10-14-23(26)19(7)8;/h9-19H,1-8H3,(H,28,29);1H. The van der Waals surface area contributed by atoms with E-state index in [9.17, 15) is 0 Å². The number of nitrogens with one attached hydrogen (secondary N) is 2. The van der Waals surface area contributed by atoms with Crippen molar-refractivity contribution < 1.29 is 17.4 Å². The summed E-state index contributed by atoms with van der Waals surface area (Å²) in [6.45, 7) is 18.2. The summed E-state index contributed by atoms with van der Waals surface area (Å²) in [5.41, 5.74) is 9.45. The first-order chi connectivity index (χ1) is 13.7. The molecule has 1 aromatic heterocycles. The molecular formula is C27H37ClN2. The third-order valence-corrected chi connectivity index (χ3v) is 5.89. The molecular weight excluding hydrogens is 388 g/mol. The monoisotopic (exact) mass is 424 g/mol. The molecule has 0 unspecified atom stereocenters. The molecule has 162 valence electrons. The van der Waals surface area contributed by atoms with Gasteiger partial charge in [0.1, 0.15) is 6.20 Å². The average molecular weight is 425 g/mol. The highest BCUT2D eigenvalue weighted by Gasteiger charge is 2.25. The largest absolute Gasteiger partial charge is 1.00 e. The van der Waals surface area contributed by atoms with Gasteiger partial charge in [-0.15, -0.1) is 0 Å². The summed E-state index contributed by atoms with van der Waals surface area (Å²) in [6, 6.07) is 13.5. The zero-order valence-electron chi connectivity index (χ0n) is 19.7. The van der Waals surface area contributed by atoms with Gasteiger partial charge in [-0.05, 0) is 45.9 Å². The minimum Gasteiger partial charge on any atom is -1.00 e. The molecule has 2 nitrogen and oxygen atoms in total. The van der Waals surface area contributed by atoms with Gasteiger partial charge in [0.15, 0.2) is 5.69 Å². The number of hydrogen-bond donors (Lipinski definition) is 1. The molecule has 2 aromatic carbocycles. The van der Waals surface area contributed by atoms with E-state index < -0.39 is 0 Å². The molecule has 0 bridgehead atoms. The number of H-pyrrole nitrogens is 2. The second-order valence-electron chi connectivity index (χ2n) is 9.44. The van der Waals surface area contributed by atoms with E-state index in [1.165, 1.54) is 39.1 Å². The third kappa shape index (κ3) is 4.64. The summed E-state index contributed by atoms with van der Waals surface area (Å²) in [6.07, 6.45) is 2.16. The molecule has 3 aromatic rings. The second-order valence-corrected chi connectivity index (χ2v) is 9.44. The molecule has 0 saturated carbocycles. The number of halogens is 1. The van der Waals surface area contributed by atoms with Crippen LogP contribution in [0.25, 0.3) is 22.6 Å². The highest BCUT2D eigenvalue weighted by Crippen LogP contribution is 2.38. The zero-order chi connectivity index (χ0) is 21.3. The minimum absolute atomic E-state index is 0. The van der Waals surface area contributed by atoms with E-state index >= 15 is 0 Å². The number of aromatic amines is 2. The predicted octanol–water partition coefficient (Wildman–Crippen LogP) is 4.66. The maximum absolute atomic E-state index is 3.77. The lowest BCUT2D eigenvalue weighted by atomic mass is 9.87. The summed E-state index contributed by atoms with van der Waals surface area (Å²) in [5.74, 6) is 3.01. The van der Waals surface area contributed by atoms with Gasteiger partial charge in [0.05, 0.1) is 5.56 Å². The van der Waals surface area contributed by atoms with Crippen LogP contribution in [0, 0.1) is 0 Å². The van der Waals surface area contributed by atoms with E-state index in [1.54, 1.807) is 0 Å². The van der Waals surface area contributed by atoms with Gasteiger partial charge in [0, 0.05) is 5.56 Å². The highest BCUT2D eigenvalue weighted by molar-refractivity contribution is 5.72. The molecule has 0 aliphatic carbocycles. The number of benzene rings is 2. The lowest BCUT2D eigenvalue weighted by Gasteiger charge is -2.17. The second kappa shape index (κ2) is 9.83. The first kappa shape index (κ1) is 24.2. The van der Waals surface area contributed by atoms with Gasteiger partial charge in [0.2, 0.25) is 0 Å². The van der Waals surface area contributed by atoms with Crippen LogP contribution in [0.2, 0.25) is 0 Å². The maximum atomic E-state index is 3.77. The Bertz CT molecular complexity index is 850. The number of hydrogen-bond acceptors (Lipinski definition) is 0. The molecule has 30 heavy (non-hydrogen) atoms. The Labute approximate surface area is 189 Å². The predicted molar refractivity (Wildman–Crippen MR) is 125 cm³/mol. The Morgan fingerprint density at radius 2 is 0.967 bits per heavy atom. The summed E-state index contributed by atoms with van der Waals surface area (Å²) < 4.78 is 0. The fraction of sp³-hybridized carbons (Fsp3) is 0.444. The first-order valence-corrected chi connectivity index (χ1v) is 11.1. The van der Waals surface area contributed by atoms with E-state index in [2.05, 4.69) is 108 Å². The highest BCUT2D eigenvalue weighted by atomic mass is 35.5. The third-order valence-electron chi connectivity index (χ3n) is 5.89. The molecule has 2 N–H and O–H groups in total. The minimum atomic E-state index is 0. The summed E-state index contributed by atoms with van der Waals surface area (Å²) in [7, 11) is 0. The van der Waals surface area contributed by atoms with Gasteiger partial charge in [-0.25, -0.2) is 9.97 Å². The first-order valence-electron chi connectivity index (χ1n) is 11.1. The lowest BCUT2D eigenvalue weighted by Crippen LogP contribution is -3.00. The number of imidazole rings is 1. The van der Waals surface area contributed by atoms with E-state index in [0.717, 1.165) is 5.82 Å². The molecule has 3 heteroatoms. The molecule has 0 saturated heterocycles. The quantitative estimate of drug-likeness (QED) is 0.596. The van der Waals surface area contributed by atoms with Crippen LogP contribution in [0.4, 0.5) is 0 Å². The molecule has 0 atom stereocenters. The number of aromatic nitrogens is 2. The maximum Gasteiger partial charge on any atom is 0.285 e.